The van der Waals surface area contributed by atoms with Crippen LogP contribution >= 0.6 is 31.9 Å². The van der Waals surface area contributed by atoms with E-state index in [2.05, 4.69) is 36.8 Å². The molecule has 2 aliphatic rings. The highest BCUT2D eigenvalue weighted by Gasteiger charge is 2.26. The molecule has 0 unspecified atom stereocenters. The molecule has 1 N–H and O–H groups in total. The molecule has 1 aromatic heterocycles. The zero-order valence-corrected chi connectivity index (χ0v) is 12.9. The standard InChI is InChI=1S/C13H11Br2NO2/c1-2-18-13(17)12-9-7-4-3-6(8(9)5-16-12)10(14)11(7)15/h5,16H,2-4H2,1H3. The number of esters is 1. The highest BCUT2D eigenvalue weighted by molar-refractivity contribution is 9.13. The minimum absolute atomic E-state index is 0.282. The van der Waals surface area contributed by atoms with Crippen molar-refractivity contribution in [2.75, 3.05) is 6.61 Å². The maximum Gasteiger partial charge on any atom is 0.355 e. The molecule has 0 fully saturated rings. The van der Waals surface area contributed by atoms with Gasteiger partial charge in [0, 0.05) is 25.9 Å². The average molecular weight is 373 g/mol. The molecule has 0 radical (unpaired) electrons. The Morgan fingerprint density at radius 2 is 2.00 bits per heavy atom. The number of hydrogen-bond donors (Lipinski definition) is 1. The number of carbonyl (C=O) groups is 1. The summed E-state index contributed by atoms with van der Waals surface area (Å²) in [5.74, 6) is -0.282. The lowest BCUT2D eigenvalue weighted by Gasteiger charge is -2.20. The Morgan fingerprint density at radius 1 is 1.33 bits per heavy atom. The summed E-state index contributed by atoms with van der Waals surface area (Å²) in [4.78, 5) is 15.0. The van der Waals surface area contributed by atoms with Crippen LogP contribution in [-0.4, -0.2) is 17.6 Å². The van der Waals surface area contributed by atoms with Crippen molar-refractivity contribution in [1.82, 2.24) is 4.98 Å². The van der Waals surface area contributed by atoms with Gasteiger partial charge in [0.05, 0.1) is 6.61 Å². The maximum atomic E-state index is 11.9. The van der Waals surface area contributed by atoms with Gasteiger partial charge in [-0.2, -0.15) is 0 Å². The monoisotopic (exact) mass is 371 g/mol. The smallest absolute Gasteiger partial charge is 0.355 e. The second-order valence-corrected chi connectivity index (χ2v) is 5.84. The SMILES string of the molecule is CCOC(=O)c1[nH]cc2c3c(Br)c(Br)c(c12)CC3. The number of aryl methyl sites for hydroxylation is 2. The number of H-pyrrole nitrogens is 1. The first-order valence-corrected chi connectivity index (χ1v) is 7.40. The summed E-state index contributed by atoms with van der Waals surface area (Å²) in [6.07, 6.45) is 3.87. The van der Waals surface area contributed by atoms with Crippen LogP contribution in [0.15, 0.2) is 15.1 Å². The summed E-state index contributed by atoms with van der Waals surface area (Å²) in [7, 11) is 0. The lowest BCUT2D eigenvalue weighted by Crippen LogP contribution is -2.09. The first-order chi connectivity index (χ1) is 8.65. The molecular weight excluding hydrogens is 362 g/mol. The Hall–Kier alpha value is -0.810. The van der Waals surface area contributed by atoms with Gasteiger partial charge in [-0.15, -0.1) is 0 Å². The molecule has 2 bridgehead atoms. The van der Waals surface area contributed by atoms with Crippen LogP contribution in [0.5, 0.6) is 0 Å². The van der Waals surface area contributed by atoms with E-state index in [4.69, 9.17) is 4.74 Å². The highest BCUT2D eigenvalue weighted by atomic mass is 79.9. The van der Waals surface area contributed by atoms with E-state index in [9.17, 15) is 4.79 Å². The number of aromatic amines is 1. The molecule has 2 aromatic rings. The van der Waals surface area contributed by atoms with E-state index in [1.807, 2.05) is 13.1 Å². The van der Waals surface area contributed by atoms with Crippen molar-refractivity contribution in [3.63, 3.8) is 0 Å². The van der Waals surface area contributed by atoms with E-state index in [0.29, 0.717) is 12.3 Å². The molecule has 2 aliphatic carbocycles. The van der Waals surface area contributed by atoms with Gasteiger partial charge in [-0.25, -0.2) is 4.79 Å². The number of nitrogens with one attached hydrogen (secondary N) is 1. The van der Waals surface area contributed by atoms with Gasteiger partial charge in [0.1, 0.15) is 5.69 Å². The lowest BCUT2D eigenvalue weighted by atomic mass is 9.89. The van der Waals surface area contributed by atoms with Gasteiger partial charge >= 0.3 is 5.97 Å². The van der Waals surface area contributed by atoms with E-state index < -0.39 is 0 Å². The number of halogens is 2. The second-order valence-electron chi connectivity index (χ2n) is 4.26. The summed E-state index contributed by atoms with van der Waals surface area (Å²) in [6.45, 7) is 2.20. The molecule has 0 atom stereocenters. The van der Waals surface area contributed by atoms with Crippen LogP contribution in [0.25, 0.3) is 10.8 Å². The Morgan fingerprint density at radius 3 is 2.72 bits per heavy atom. The van der Waals surface area contributed by atoms with Crippen molar-refractivity contribution in [3.05, 3.63) is 32.0 Å². The van der Waals surface area contributed by atoms with Crippen LogP contribution < -0.4 is 0 Å². The highest BCUT2D eigenvalue weighted by Crippen LogP contribution is 2.44. The summed E-state index contributed by atoms with van der Waals surface area (Å²) < 4.78 is 7.25. The third-order valence-corrected chi connectivity index (χ3v) is 5.62. The van der Waals surface area contributed by atoms with Gasteiger partial charge in [-0.3, -0.25) is 0 Å². The first-order valence-electron chi connectivity index (χ1n) is 5.82. The van der Waals surface area contributed by atoms with Crippen molar-refractivity contribution in [3.8, 4) is 0 Å². The molecule has 1 heterocycles. The molecule has 5 heteroatoms. The lowest BCUT2D eigenvalue weighted by molar-refractivity contribution is 0.0522. The van der Waals surface area contributed by atoms with Gasteiger partial charge < -0.3 is 9.72 Å². The van der Waals surface area contributed by atoms with Crippen LogP contribution in [-0.2, 0) is 17.6 Å². The van der Waals surface area contributed by atoms with E-state index >= 15 is 0 Å². The predicted octanol–water partition coefficient (Wildman–Crippen LogP) is 3.97. The third kappa shape index (κ3) is 1.57. The fourth-order valence-corrected chi connectivity index (χ4v) is 3.85. The summed E-state index contributed by atoms with van der Waals surface area (Å²) in [5.41, 5.74) is 2.99. The number of ether oxygens (including phenoxy) is 1. The normalized spacial score (nSPS) is 13.3. The van der Waals surface area contributed by atoms with Gasteiger partial charge in [-0.1, -0.05) is 0 Å². The molecule has 18 heavy (non-hydrogen) atoms. The van der Waals surface area contributed by atoms with Gasteiger partial charge in [0.2, 0.25) is 0 Å². The number of fused-ring (bicyclic) bond motifs is 2. The van der Waals surface area contributed by atoms with E-state index in [1.165, 1.54) is 11.1 Å². The number of carbonyl (C=O) groups excluding carboxylic acids is 1. The molecule has 0 aliphatic heterocycles. The number of aromatic nitrogens is 1. The first kappa shape index (κ1) is 12.2. The van der Waals surface area contributed by atoms with Gasteiger partial charge in [-0.05, 0) is 62.8 Å². The zero-order chi connectivity index (χ0) is 12.9. The van der Waals surface area contributed by atoms with E-state index in [-0.39, 0.29) is 5.97 Å². The predicted molar refractivity (Wildman–Crippen MR) is 77.1 cm³/mol. The van der Waals surface area contributed by atoms with E-state index in [0.717, 1.165) is 32.6 Å². The molecular formula is C13H11Br2NO2. The largest absolute Gasteiger partial charge is 0.461 e. The minimum Gasteiger partial charge on any atom is -0.461 e. The number of hydrogen-bond acceptors (Lipinski definition) is 2. The van der Waals surface area contributed by atoms with Crippen LogP contribution in [0.3, 0.4) is 0 Å². The molecule has 0 amide bonds. The number of benzene rings is 1. The van der Waals surface area contributed by atoms with Crippen LogP contribution in [0.1, 0.15) is 28.5 Å². The molecule has 3 nitrogen and oxygen atoms in total. The van der Waals surface area contributed by atoms with Crippen molar-refractivity contribution in [1.29, 1.82) is 0 Å². The fraction of sp³-hybridized carbons (Fsp3) is 0.308. The van der Waals surface area contributed by atoms with Gasteiger partial charge in [0.25, 0.3) is 0 Å². The summed E-state index contributed by atoms with van der Waals surface area (Å²) >= 11 is 7.20. The second kappa shape index (κ2) is 4.38. The Balaban J connectivity index is 2.30. The maximum absolute atomic E-state index is 11.9. The zero-order valence-electron chi connectivity index (χ0n) is 9.77. The van der Waals surface area contributed by atoms with Crippen LogP contribution in [0.2, 0.25) is 0 Å². The summed E-state index contributed by atoms with van der Waals surface area (Å²) in [6, 6.07) is 0. The molecule has 1 aromatic carbocycles. The Bertz CT molecular complexity index is 661. The van der Waals surface area contributed by atoms with Crippen molar-refractivity contribution in [2.45, 2.75) is 19.8 Å². The third-order valence-electron chi connectivity index (χ3n) is 3.33. The Labute approximate surface area is 121 Å². The molecule has 0 spiro atoms. The van der Waals surface area contributed by atoms with Crippen molar-refractivity contribution >= 4 is 48.6 Å². The van der Waals surface area contributed by atoms with Crippen LogP contribution in [0, 0.1) is 0 Å². The molecule has 94 valence electrons. The van der Waals surface area contributed by atoms with Gasteiger partial charge in [0.15, 0.2) is 0 Å². The van der Waals surface area contributed by atoms with Crippen LogP contribution in [0.4, 0.5) is 0 Å². The van der Waals surface area contributed by atoms with E-state index in [1.54, 1.807) is 0 Å². The summed E-state index contributed by atoms with van der Waals surface area (Å²) in [5, 5.41) is 2.12. The topological polar surface area (TPSA) is 42.1 Å². The minimum atomic E-state index is -0.282. The quantitative estimate of drug-likeness (QED) is 0.810. The molecule has 4 rings (SSSR count). The van der Waals surface area contributed by atoms with Crippen molar-refractivity contribution in [2.24, 2.45) is 0 Å². The number of rotatable bonds is 2. The Kier molecular flexibility index (Phi) is 2.98. The van der Waals surface area contributed by atoms with Crippen molar-refractivity contribution < 1.29 is 9.53 Å². The fourth-order valence-electron chi connectivity index (χ4n) is 2.56. The molecule has 0 saturated heterocycles. The average Bonchev–Trinajstić information content (AvgIpc) is 2.80. The molecule has 0 saturated carbocycles.